The van der Waals surface area contributed by atoms with Gasteiger partial charge >= 0.3 is 6.01 Å². The Kier molecular flexibility index (Phi) is 6.44. The van der Waals surface area contributed by atoms with Crippen molar-refractivity contribution in [3.8, 4) is 11.7 Å². The van der Waals surface area contributed by atoms with Crippen LogP contribution >= 0.6 is 0 Å². The van der Waals surface area contributed by atoms with Gasteiger partial charge in [-0.1, -0.05) is 39.0 Å². The number of hydrogen-bond acceptors (Lipinski definition) is 7. The SMILES string of the molecule is CCNCC1CC(Oc2nc(NCc3ccccc3-n3cccn3)n3ncc(C(C)C)c3n2)C1. The summed E-state index contributed by atoms with van der Waals surface area (Å²) in [6, 6.07) is 10.5. The fourth-order valence-electron chi connectivity index (χ4n) is 4.35. The first kappa shape index (κ1) is 22.3. The highest BCUT2D eigenvalue weighted by Crippen LogP contribution is 2.31. The molecule has 3 heterocycles. The topological polar surface area (TPSA) is 94.2 Å². The molecule has 0 saturated heterocycles. The standard InChI is InChI=1S/C25H32N8O/c1-4-26-14-18-12-20(13-18)34-25-30-23-21(17(2)3)16-29-33(23)24(31-25)27-15-19-8-5-6-9-22(19)32-11-7-10-28-32/h5-11,16-18,20,26H,4,12-15H2,1-3H3,(H,27,30,31). The van der Waals surface area contributed by atoms with Gasteiger partial charge in [0.25, 0.3) is 0 Å². The van der Waals surface area contributed by atoms with Gasteiger partial charge in [0, 0.05) is 24.5 Å². The Morgan fingerprint density at radius 2 is 1.97 bits per heavy atom. The van der Waals surface area contributed by atoms with Crippen molar-refractivity contribution in [3.05, 3.63) is 60.0 Å². The third kappa shape index (κ3) is 4.61. The molecule has 1 aliphatic carbocycles. The van der Waals surface area contributed by atoms with E-state index < -0.39 is 0 Å². The molecule has 34 heavy (non-hydrogen) atoms. The number of benzene rings is 1. The summed E-state index contributed by atoms with van der Waals surface area (Å²) in [5.74, 6) is 1.57. The van der Waals surface area contributed by atoms with E-state index >= 15 is 0 Å². The van der Waals surface area contributed by atoms with E-state index in [2.05, 4.69) is 53.7 Å². The first-order valence-corrected chi connectivity index (χ1v) is 12.1. The monoisotopic (exact) mass is 460 g/mol. The highest BCUT2D eigenvalue weighted by molar-refractivity contribution is 5.53. The van der Waals surface area contributed by atoms with E-state index in [1.54, 1.807) is 10.7 Å². The second-order valence-electron chi connectivity index (χ2n) is 9.14. The van der Waals surface area contributed by atoms with Crippen LogP contribution in [0.25, 0.3) is 11.3 Å². The predicted octanol–water partition coefficient (Wildman–Crippen LogP) is 3.81. The number of aromatic nitrogens is 6. The van der Waals surface area contributed by atoms with Crippen molar-refractivity contribution in [2.45, 2.75) is 52.2 Å². The summed E-state index contributed by atoms with van der Waals surface area (Å²) in [5.41, 5.74) is 3.98. The van der Waals surface area contributed by atoms with E-state index in [4.69, 9.17) is 14.7 Å². The van der Waals surface area contributed by atoms with Crippen LogP contribution in [0.1, 0.15) is 50.7 Å². The van der Waals surface area contributed by atoms with E-state index in [9.17, 15) is 0 Å². The maximum Gasteiger partial charge on any atom is 0.322 e. The van der Waals surface area contributed by atoms with Crippen molar-refractivity contribution in [3.63, 3.8) is 0 Å². The van der Waals surface area contributed by atoms with Crippen molar-refractivity contribution >= 4 is 11.6 Å². The number of hydrogen-bond donors (Lipinski definition) is 2. The van der Waals surface area contributed by atoms with Crippen LogP contribution in [-0.2, 0) is 6.54 Å². The van der Waals surface area contributed by atoms with Gasteiger partial charge in [-0.25, -0.2) is 4.68 Å². The van der Waals surface area contributed by atoms with Crippen molar-refractivity contribution in [1.82, 2.24) is 34.7 Å². The molecule has 4 aromatic rings. The molecular weight excluding hydrogens is 428 g/mol. The lowest BCUT2D eigenvalue weighted by molar-refractivity contribution is 0.0568. The largest absolute Gasteiger partial charge is 0.460 e. The Bertz CT molecular complexity index is 1230. The smallest absolute Gasteiger partial charge is 0.322 e. The van der Waals surface area contributed by atoms with Crippen LogP contribution in [0.4, 0.5) is 5.95 Å². The Morgan fingerprint density at radius 3 is 2.74 bits per heavy atom. The molecule has 0 spiro atoms. The predicted molar refractivity (Wildman–Crippen MR) is 131 cm³/mol. The third-order valence-electron chi connectivity index (χ3n) is 6.32. The van der Waals surface area contributed by atoms with Crippen molar-refractivity contribution in [2.75, 3.05) is 18.4 Å². The molecule has 0 aliphatic heterocycles. The minimum Gasteiger partial charge on any atom is -0.460 e. The van der Waals surface area contributed by atoms with E-state index in [0.29, 0.717) is 30.3 Å². The molecule has 3 aromatic heterocycles. The van der Waals surface area contributed by atoms with Crippen LogP contribution in [0.15, 0.2) is 48.9 Å². The Labute approximate surface area is 199 Å². The van der Waals surface area contributed by atoms with E-state index in [-0.39, 0.29) is 6.10 Å². The Morgan fingerprint density at radius 1 is 1.12 bits per heavy atom. The van der Waals surface area contributed by atoms with Crippen LogP contribution < -0.4 is 15.4 Å². The lowest BCUT2D eigenvalue weighted by Crippen LogP contribution is -2.39. The van der Waals surface area contributed by atoms with Crippen LogP contribution in [0.5, 0.6) is 6.01 Å². The summed E-state index contributed by atoms with van der Waals surface area (Å²) >= 11 is 0. The van der Waals surface area contributed by atoms with Gasteiger partial charge in [-0.15, -0.1) is 0 Å². The number of nitrogens with one attached hydrogen (secondary N) is 2. The van der Waals surface area contributed by atoms with Gasteiger partial charge in [0.05, 0.1) is 11.9 Å². The van der Waals surface area contributed by atoms with Gasteiger partial charge in [0.15, 0.2) is 5.65 Å². The van der Waals surface area contributed by atoms with Crippen LogP contribution in [0.3, 0.4) is 0 Å². The van der Waals surface area contributed by atoms with Gasteiger partial charge in [-0.05, 0) is 55.5 Å². The number of para-hydroxylation sites is 1. The van der Waals surface area contributed by atoms with Gasteiger partial charge in [-0.3, -0.25) is 0 Å². The third-order valence-corrected chi connectivity index (χ3v) is 6.32. The molecule has 0 unspecified atom stereocenters. The van der Waals surface area contributed by atoms with E-state index in [1.165, 1.54) is 0 Å². The number of nitrogens with zero attached hydrogens (tertiary/aromatic N) is 6. The molecule has 9 nitrogen and oxygen atoms in total. The van der Waals surface area contributed by atoms with Gasteiger partial charge in [0.2, 0.25) is 5.95 Å². The second kappa shape index (κ2) is 9.80. The lowest BCUT2D eigenvalue weighted by atomic mass is 9.82. The summed E-state index contributed by atoms with van der Waals surface area (Å²) < 4.78 is 9.84. The normalized spacial score (nSPS) is 17.8. The number of rotatable bonds is 10. The van der Waals surface area contributed by atoms with E-state index in [1.807, 2.05) is 35.3 Å². The van der Waals surface area contributed by atoms with Crippen LogP contribution in [0, 0.1) is 5.92 Å². The minimum atomic E-state index is 0.157. The molecule has 0 atom stereocenters. The van der Waals surface area contributed by atoms with Crippen LogP contribution in [0.2, 0.25) is 0 Å². The molecule has 0 radical (unpaired) electrons. The molecule has 1 aliphatic rings. The van der Waals surface area contributed by atoms with Crippen molar-refractivity contribution < 1.29 is 4.74 Å². The number of anilines is 1. The molecule has 5 rings (SSSR count). The average Bonchev–Trinajstić information content (AvgIpc) is 3.49. The number of ether oxygens (including phenoxy) is 1. The Balaban J connectivity index is 1.39. The molecule has 2 N–H and O–H groups in total. The summed E-state index contributed by atoms with van der Waals surface area (Å²) in [5, 5.41) is 15.8. The highest BCUT2D eigenvalue weighted by atomic mass is 16.5. The lowest BCUT2D eigenvalue weighted by Gasteiger charge is -2.34. The van der Waals surface area contributed by atoms with Gasteiger partial charge < -0.3 is 15.4 Å². The number of fused-ring (bicyclic) bond motifs is 1. The minimum absolute atomic E-state index is 0.157. The van der Waals surface area contributed by atoms with E-state index in [0.717, 1.165) is 48.4 Å². The molecule has 9 heteroatoms. The zero-order valence-electron chi connectivity index (χ0n) is 20.0. The molecule has 178 valence electrons. The summed E-state index contributed by atoms with van der Waals surface area (Å²) in [7, 11) is 0. The molecule has 0 amide bonds. The summed E-state index contributed by atoms with van der Waals surface area (Å²) in [6.07, 6.45) is 7.80. The fraction of sp³-hybridized carbons (Fsp3) is 0.440. The second-order valence-corrected chi connectivity index (χ2v) is 9.14. The Hall–Kier alpha value is -3.46. The maximum atomic E-state index is 6.20. The fourth-order valence-corrected chi connectivity index (χ4v) is 4.35. The molecule has 1 fully saturated rings. The average molecular weight is 461 g/mol. The zero-order chi connectivity index (χ0) is 23.5. The highest BCUT2D eigenvalue weighted by Gasteiger charge is 2.31. The van der Waals surface area contributed by atoms with Crippen molar-refractivity contribution in [1.29, 1.82) is 0 Å². The van der Waals surface area contributed by atoms with Gasteiger partial charge in [0.1, 0.15) is 6.10 Å². The molecule has 1 aromatic carbocycles. The zero-order valence-corrected chi connectivity index (χ0v) is 20.0. The van der Waals surface area contributed by atoms with Crippen molar-refractivity contribution in [2.24, 2.45) is 5.92 Å². The molecule has 1 saturated carbocycles. The maximum absolute atomic E-state index is 6.20. The first-order valence-electron chi connectivity index (χ1n) is 12.1. The first-order chi connectivity index (χ1) is 16.6. The van der Waals surface area contributed by atoms with Crippen LogP contribution in [-0.4, -0.2) is 48.6 Å². The quantitative estimate of drug-likeness (QED) is 0.372. The summed E-state index contributed by atoms with van der Waals surface area (Å²) in [6.45, 7) is 9.02. The molecular formula is C25H32N8O. The van der Waals surface area contributed by atoms with Gasteiger partial charge in [-0.2, -0.15) is 24.7 Å². The molecule has 0 bridgehead atoms. The summed E-state index contributed by atoms with van der Waals surface area (Å²) in [4.78, 5) is 9.44.